The maximum atomic E-state index is 11.0. The van der Waals surface area contributed by atoms with Crippen molar-refractivity contribution in [2.75, 3.05) is 7.05 Å². The number of carboxylic acid groups (broad SMARTS) is 1. The van der Waals surface area contributed by atoms with Crippen LogP contribution in [0.15, 0.2) is 23.3 Å². The van der Waals surface area contributed by atoms with Gasteiger partial charge in [-0.25, -0.2) is 0 Å². The number of nitrogens with zero attached hydrogens (tertiary/aromatic N) is 3. The van der Waals surface area contributed by atoms with Gasteiger partial charge in [-0.1, -0.05) is 9.69 Å². The quantitative estimate of drug-likeness (QED) is 0.443. The normalized spacial score (nSPS) is 21.8. The lowest BCUT2D eigenvalue weighted by atomic mass is 10.1. The Hall–Kier alpha value is -2.28. The minimum atomic E-state index is -1.14. The van der Waals surface area contributed by atoms with Crippen molar-refractivity contribution in [3.05, 3.63) is 33.9 Å². The second kappa shape index (κ2) is 3.11. The lowest BCUT2D eigenvalue weighted by Crippen LogP contribution is -2.42. The first-order valence-corrected chi connectivity index (χ1v) is 4.40. The van der Waals surface area contributed by atoms with Crippen LogP contribution in [0.1, 0.15) is 5.56 Å². The number of hydrogen-bond acceptors (Lipinski definition) is 4. The maximum Gasteiger partial charge on any atom is 0.546 e. The molecule has 16 heavy (non-hydrogen) atoms. The molecule has 1 amide bonds. The van der Waals surface area contributed by atoms with Crippen LogP contribution in [0.4, 0.5) is 16.2 Å². The van der Waals surface area contributed by atoms with Crippen molar-refractivity contribution in [3.63, 3.8) is 0 Å². The van der Waals surface area contributed by atoms with E-state index in [0.717, 1.165) is 0 Å². The third-order valence-electron chi connectivity index (χ3n) is 2.49. The predicted molar refractivity (Wildman–Crippen MR) is 56.4 cm³/mol. The number of nitro benzene ring substituents is 1. The van der Waals surface area contributed by atoms with Gasteiger partial charge in [-0.2, -0.15) is 4.79 Å². The van der Waals surface area contributed by atoms with Gasteiger partial charge in [0.05, 0.1) is 16.7 Å². The van der Waals surface area contributed by atoms with Crippen molar-refractivity contribution in [3.8, 4) is 0 Å². The summed E-state index contributed by atoms with van der Waals surface area (Å²) in [5.41, 5.74) is 0.793. The fourth-order valence-electron chi connectivity index (χ4n) is 1.55. The second-order valence-electron chi connectivity index (χ2n) is 3.49. The highest BCUT2D eigenvalue weighted by Crippen LogP contribution is 2.33. The number of non-ortho nitro benzene ring substituents is 1. The average Bonchev–Trinajstić information content (AvgIpc) is 2.57. The highest BCUT2D eigenvalue weighted by molar-refractivity contribution is 5.98. The highest BCUT2D eigenvalue weighted by atomic mass is 16.6. The molecular formula is C9H8N3O4+. The van der Waals surface area contributed by atoms with E-state index in [1.807, 2.05) is 0 Å². The number of amides is 1. The van der Waals surface area contributed by atoms with Crippen molar-refractivity contribution in [1.82, 2.24) is 4.59 Å². The number of rotatable bonds is 1. The number of nitro groups is 1. The van der Waals surface area contributed by atoms with E-state index in [0.29, 0.717) is 11.3 Å². The van der Waals surface area contributed by atoms with E-state index in [2.05, 4.69) is 5.10 Å². The summed E-state index contributed by atoms with van der Waals surface area (Å²) in [5.74, 6) is 0. The minimum absolute atomic E-state index is 0.0796. The smallest absolute Gasteiger partial charge is 0.433 e. The van der Waals surface area contributed by atoms with Gasteiger partial charge in [-0.3, -0.25) is 10.1 Å². The molecule has 0 unspecified atom stereocenters. The van der Waals surface area contributed by atoms with Crippen molar-refractivity contribution >= 4 is 23.7 Å². The molecule has 1 heterocycles. The van der Waals surface area contributed by atoms with E-state index >= 15 is 0 Å². The van der Waals surface area contributed by atoms with Crippen LogP contribution < -0.4 is 4.59 Å². The first kappa shape index (κ1) is 10.2. The molecule has 0 saturated carbocycles. The van der Waals surface area contributed by atoms with Crippen LogP contribution in [0.25, 0.3) is 0 Å². The highest BCUT2D eigenvalue weighted by Gasteiger charge is 2.41. The molecule has 1 aliphatic heterocycles. The predicted octanol–water partition coefficient (Wildman–Crippen LogP) is 1.56. The third kappa shape index (κ3) is 1.26. The molecule has 1 aromatic rings. The van der Waals surface area contributed by atoms with Gasteiger partial charge in [0.2, 0.25) is 0 Å². The number of hydrogen-bond donors (Lipinski definition) is 1. The van der Waals surface area contributed by atoms with Crippen molar-refractivity contribution in [1.29, 1.82) is 0 Å². The molecule has 7 heteroatoms. The van der Waals surface area contributed by atoms with E-state index in [4.69, 9.17) is 5.11 Å². The van der Waals surface area contributed by atoms with Gasteiger partial charge in [0.1, 0.15) is 7.05 Å². The topological polar surface area (TPSA) is 92.8 Å². The fraction of sp³-hybridized carbons (Fsp3) is 0.111. The zero-order valence-electron chi connectivity index (χ0n) is 8.32. The molecule has 0 aliphatic carbocycles. The molecule has 7 nitrogen and oxygen atoms in total. The molecule has 0 aromatic heterocycles. The lowest BCUT2D eigenvalue weighted by molar-refractivity contribution is -0.384. The molecule has 0 fully saturated rings. The number of carbonyl (C=O) groups is 1. The Morgan fingerprint density at radius 3 is 2.81 bits per heavy atom. The second-order valence-corrected chi connectivity index (χ2v) is 3.49. The van der Waals surface area contributed by atoms with Gasteiger partial charge in [0.15, 0.2) is 5.69 Å². The van der Waals surface area contributed by atoms with E-state index in [1.54, 1.807) is 0 Å². The SMILES string of the molecule is C[N@+]1(C(=O)O)N=Cc2cc([N+](=O)[O-])ccc21. The standard InChI is InChI=1S/C9H7N3O4/c1-12(9(13)14)8-3-2-7(11(15)16)4-6(8)5-10-12/h2-5H,1H3/p+1/t12-/m0/s1. The molecule has 1 atom stereocenters. The Labute approximate surface area is 90.0 Å². The van der Waals surface area contributed by atoms with Gasteiger partial charge in [0, 0.05) is 18.2 Å². The molecule has 82 valence electrons. The molecule has 0 bridgehead atoms. The zero-order valence-corrected chi connectivity index (χ0v) is 8.32. The Morgan fingerprint density at radius 1 is 1.56 bits per heavy atom. The molecule has 1 aliphatic rings. The van der Waals surface area contributed by atoms with Crippen molar-refractivity contribution in [2.24, 2.45) is 5.10 Å². The fourth-order valence-corrected chi connectivity index (χ4v) is 1.55. The summed E-state index contributed by atoms with van der Waals surface area (Å²) in [6, 6.07) is 3.99. The summed E-state index contributed by atoms with van der Waals surface area (Å²) in [6.45, 7) is 0. The van der Waals surface area contributed by atoms with Crippen LogP contribution in [0.5, 0.6) is 0 Å². The van der Waals surface area contributed by atoms with Gasteiger partial charge in [-0.05, 0) is 0 Å². The Balaban J connectivity index is 2.56. The molecule has 0 spiro atoms. The van der Waals surface area contributed by atoms with Crippen molar-refractivity contribution in [2.45, 2.75) is 0 Å². The Bertz CT molecular complexity index is 525. The summed E-state index contributed by atoms with van der Waals surface area (Å²) in [4.78, 5) is 21.0. The van der Waals surface area contributed by atoms with E-state index in [9.17, 15) is 14.9 Å². The molecule has 0 radical (unpaired) electrons. The van der Waals surface area contributed by atoms with Gasteiger partial charge < -0.3 is 5.11 Å². The van der Waals surface area contributed by atoms with Crippen LogP contribution in [0, 0.1) is 10.1 Å². The Kier molecular flexibility index (Phi) is 1.99. The monoisotopic (exact) mass is 222 g/mol. The summed E-state index contributed by atoms with van der Waals surface area (Å²) in [6.07, 6.45) is 0.194. The van der Waals surface area contributed by atoms with Gasteiger partial charge in [-0.15, -0.1) is 0 Å². The van der Waals surface area contributed by atoms with Crippen LogP contribution in [0.2, 0.25) is 0 Å². The van der Waals surface area contributed by atoms with Crippen LogP contribution in [-0.2, 0) is 0 Å². The van der Waals surface area contributed by atoms with Gasteiger partial charge >= 0.3 is 6.09 Å². The molecule has 0 saturated heterocycles. The van der Waals surface area contributed by atoms with E-state index in [1.165, 1.54) is 31.5 Å². The average molecular weight is 222 g/mol. The lowest BCUT2D eigenvalue weighted by Gasteiger charge is -2.16. The summed E-state index contributed by atoms with van der Waals surface area (Å²) < 4.78 is -0.632. The molecule has 1 aromatic carbocycles. The largest absolute Gasteiger partial charge is 0.546 e. The molecule has 2 rings (SSSR count). The summed E-state index contributed by atoms with van der Waals surface area (Å²) in [5, 5.41) is 23.4. The number of quaternary nitrogens is 1. The van der Waals surface area contributed by atoms with E-state index < -0.39 is 15.6 Å². The van der Waals surface area contributed by atoms with Crippen LogP contribution >= 0.6 is 0 Å². The number of benzene rings is 1. The molecular weight excluding hydrogens is 214 g/mol. The number of fused-ring (bicyclic) bond motifs is 1. The zero-order chi connectivity index (χ0) is 11.9. The van der Waals surface area contributed by atoms with Crippen LogP contribution in [0.3, 0.4) is 0 Å². The minimum Gasteiger partial charge on any atom is -0.433 e. The van der Waals surface area contributed by atoms with Crippen molar-refractivity contribution < 1.29 is 14.8 Å². The van der Waals surface area contributed by atoms with Crippen LogP contribution in [-0.4, -0.2) is 29.4 Å². The summed E-state index contributed by atoms with van der Waals surface area (Å²) >= 11 is 0. The summed E-state index contributed by atoms with van der Waals surface area (Å²) in [7, 11) is 1.40. The van der Waals surface area contributed by atoms with E-state index in [-0.39, 0.29) is 5.69 Å². The van der Waals surface area contributed by atoms with Gasteiger partial charge in [0.25, 0.3) is 5.69 Å². The third-order valence-corrected chi connectivity index (χ3v) is 2.49. The first-order chi connectivity index (χ1) is 7.45. The Morgan fingerprint density at radius 2 is 2.25 bits per heavy atom. The maximum absolute atomic E-state index is 11.0. The first-order valence-electron chi connectivity index (χ1n) is 4.40. The molecule has 1 N–H and O–H groups in total.